The van der Waals surface area contributed by atoms with E-state index in [0.29, 0.717) is 24.5 Å². The van der Waals surface area contributed by atoms with E-state index >= 15 is 0 Å². The molecule has 5 rings (SSSR count). The largest absolute Gasteiger partial charge is 0.399 e. The molecule has 2 aromatic heterocycles. The number of fused-ring (bicyclic) bond motifs is 2. The number of halogens is 1. The molecule has 0 aliphatic carbocycles. The van der Waals surface area contributed by atoms with Crippen molar-refractivity contribution in [1.29, 1.82) is 0 Å². The Labute approximate surface area is 180 Å². The molecule has 0 saturated heterocycles. The second-order valence-corrected chi connectivity index (χ2v) is 9.19. The number of aromatic amines is 1. The van der Waals surface area contributed by atoms with Gasteiger partial charge in [-0.15, -0.1) is 11.3 Å². The summed E-state index contributed by atoms with van der Waals surface area (Å²) in [4.78, 5) is 24.0. The quantitative estimate of drug-likeness (QED) is 0.434. The summed E-state index contributed by atoms with van der Waals surface area (Å²) in [6.45, 7) is 2.35. The fourth-order valence-electron chi connectivity index (χ4n) is 3.78. The third-order valence-electron chi connectivity index (χ3n) is 5.31. The lowest BCUT2D eigenvalue weighted by Gasteiger charge is -2.27. The van der Waals surface area contributed by atoms with E-state index in [1.165, 1.54) is 19.4 Å². The fraction of sp³-hybridized carbons (Fsp3) is 0.182. The van der Waals surface area contributed by atoms with Crippen molar-refractivity contribution < 1.29 is 0 Å². The van der Waals surface area contributed by atoms with Crippen molar-refractivity contribution in [3.63, 3.8) is 0 Å². The van der Waals surface area contributed by atoms with Gasteiger partial charge in [-0.25, -0.2) is 4.98 Å². The molecule has 0 bridgehead atoms. The first-order chi connectivity index (χ1) is 14.1. The zero-order chi connectivity index (χ0) is 20.0. The molecular weight excluding hydrogens is 448 g/mol. The number of rotatable bonds is 3. The van der Waals surface area contributed by atoms with Gasteiger partial charge in [-0.3, -0.25) is 9.69 Å². The van der Waals surface area contributed by atoms with Crippen molar-refractivity contribution in [1.82, 2.24) is 14.9 Å². The summed E-state index contributed by atoms with van der Waals surface area (Å²) in [5.41, 5.74) is 8.96. The van der Waals surface area contributed by atoms with E-state index < -0.39 is 0 Å². The number of hydrogen-bond donors (Lipinski definition) is 2. The molecule has 0 unspecified atom stereocenters. The van der Waals surface area contributed by atoms with Crippen molar-refractivity contribution in [2.45, 2.75) is 19.5 Å². The molecule has 0 amide bonds. The number of benzene rings is 2. The van der Waals surface area contributed by atoms with Gasteiger partial charge in [0.05, 0.1) is 5.69 Å². The zero-order valence-electron chi connectivity index (χ0n) is 15.6. The normalized spacial score (nSPS) is 14.2. The molecule has 0 saturated carbocycles. The van der Waals surface area contributed by atoms with Crippen LogP contribution in [0.1, 0.15) is 16.1 Å². The Morgan fingerprint density at radius 1 is 1.17 bits per heavy atom. The molecule has 29 heavy (non-hydrogen) atoms. The maximum absolute atomic E-state index is 12.6. The van der Waals surface area contributed by atoms with Crippen LogP contribution in [0.2, 0.25) is 0 Å². The smallest absolute Gasteiger partial charge is 0.254 e. The monoisotopic (exact) mass is 466 g/mol. The number of nitrogens with one attached hydrogen (secondary N) is 1. The molecule has 2 aromatic carbocycles. The number of nitrogen functional groups attached to an aromatic ring is 1. The third-order valence-corrected chi connectivity index (χ3v) is 7.63. The number of anilines is 1. The minimum Gasteiger partial charge on any atom is -0.399 e. The van der Waals surface area contributed by atoms with E-state index in [2.05, 4.69) is 50.1 Å². The fourth-order valence-corrected chi connectivity index (χ4v) is 5.76. The minimum atomic E-state index is -0.0375. The van der Waals surface area contributed by atoms with Crippen molar-refractivity contribution in [3.05, 3.63) is 79.5 Å². The lowest BCUT2D eigenvalue weighted by Crippen LogP contribution is -2.34. The van der Waals surface area contributed by atoms with E-state index in [1.54, 1.807) is 0 Å². The lowest BCUT2D eigenvalue weighted by atomic mass is 10.1. The SMILES string of the molecule is Nc1ccc(-c2nc3c(c(=O)[nH]2)CCN(Cc2sc4ccccc4c2Br)C3)cc1. The summed E-state index contributed by atoms with van der Waals surface area (Å²) in [6.07, 6.45) is 0.711. The number of aromatic nitrogens is 2. The molecule has 146 valence electrons. The van der Waals surface area contributed by atoms with Crippen LogP contribution in [0.25, 0.3) is 21.5 Å². The summed E-state index contributed by atoms with van der Waals surface area (Å²) in [7, 11) is 0. The average Bonchev–Trinajstić information content (AvgIpc) is 3.04. The highest BCUT2D eigenvalue weighted by molar-refractivity contribution is 9.10. The third kappa shape index (κ3) is 3.50. The first-order valence-electron chi connectivity index (χ1n) is 9.45. The van der Waals surface area contributed by atoms with E-state index in [-0.39, 0.29) is 5.56 Å². The molecule has 7 heteroatoms. The molecule has 1 aliphatic rings. The standard InChI is InChI=1S/C22H19BrN4OS/c23-20-16-3-1-2-4-18(16)29-19(20)12-27-10-9-15-17(11-27)25-21(26-22(15)28)13-5-7-14(24)8-6-13/h1-8H,9-12,24H2,(H,25,26,28). The van der Waals surface area contributed by atoms with Crippen LogP contribution >= 0.6 is 27.3 Å². The van der Waals surface area contributed by atoms with Gasteiger partial charge in [-0.1, -0.05) is 18.2 Å². The Balaban J connectivity index is 1.44. The predicted octanol–water partition coefficient (Wildman–Crippen LogP) is 4.55. The van der Waals surface area contributed by atoms with Crippen LogP contribution in [0.15, 0.2) is 57.8 Å². The van der Waals surface area contributed by atoms with Gasteiger partial charge in [0.1, 0.15) is 5.82 Å². The number of thiophene rings is 1. The van der Waals surface area contributed by atoms with Crippen LogP contribution in [0, 0.1) is 0 Å². The number of nitrogens with two attached hydrogens (primary N) is 1. The van der Waals surface area contributed by atoms with Gasteiger partial charge in [0.15, 0.2) is 0 Å². The first-order valence-corrected chi connectivity index (χ1v) is 11.1. The van der Waals surface area contributed by atoms with Gasteiger partial charge in [-0.05, 0) is 52.7 Å². The zero-order valence-corrected chi connectivity index (χ0v) is 18.0. The molecular formula is C22H19BrN4OS. The maximum Gasteiger partial charge on any atom is 0.254 e. The van der Waals surface area contributed by atoms with Crippen LogP contribution in [0.4, 0.5) is 5.69 Å². The summed E-state index contributed by atoms with van der Waals surface area (Å²) < 4.78 is 2.46. The Bertz CT molecular complexity index is 1260. The topological polar surface area (TPSA) is 75.0 Å². The van der Waals surface area contributed by atoms with E-state index in [0.717, 1.165) is 29.9 Å². The Morgan fingerprint density at radius 3 is 2.76 bits per heavy atom. The van der Waals surface area contributed by atoms with Crippen LogP contribution in [0.3, 0.4) is 0 Å². The molecule has 0 fully saturated rings. The summed E-state index contributed by atoms with van der Waals surface area (Å²) in [5.74, 6) is 0.596. The number of H-pyrrole nitrogens is 1. The van der Waals surface area contributed by atoms with Gasteiger partial charge >= 0.3 is 0 Å². The van der Waals surface area contributed by atoms with Crippen molar-refractivity contribution >= 4 is 43.0 Å². The second-order valence-electron chi connectivity index (χ2n) is 7.26. The van der Waals surface area contributed by atoms with E-state index in [4.69, 9.17) is 10.7 Å². The maximum atomic E-state index is 12.6. The van der Waals surface area contributed by atoms with E-state index in [9.17, 15) is 4.79 Å². The molecule has 0 radical (unpaired) electrons. The highest BCUT2D eigenvalue weighted by atomic mass is 79.9. The Kier molecular flexibility index (Phi) is 4.73. The molecule has 3 heterocycles. The van der Waals surface area contributed by atoms with Crippen LogP contribution < -0.4 is 11.3 Å². The first kappa shape index (κ1) is 18.5. The second kappa shape index (κ2) is 7.40. The van der Waals surface area contributed by atoms with Gasteiger partial charge < -0.3 is 10.7 Å². The Morgan fingerprint density at radius 2 is 1.97 bits per heavy atom. The lowest BCUT2D eigenvalue weighted by molar-refractivity contribution is 0.242. The summed E-state index contributed by atoms with van der Waals surface area (Å²) in [5, 5.41) is 1.25. The molecule has 0 spiro atoms. The van der Waals surface area contributed by atoms with Gasteiger partial charge in [0, 0.05) is 55.9 Å². The highest BCUT2D eigenvalue weighted by Gasteiger charge is 2.23. The van der Waals surface area contributed by atoms with Crippen molar-refractivity contribution in [2.75, 3.05) is 12.3 Å². The van der Waals surface area contributed by atoms with Crippen LogP contribution in [0.5, 0.6) is 0 Å². The van der Waals surface area contributed by atoms with Crippen molar-refractivity contribution in [2.24, 2.45) is 0 Å². The van der Waals surface area contributed by atoms with E-state index in [1.807, 2.05) is 35.6 Å². The van der Waals surface area contributed by atoms with Gasteiger partial charge in [0.25, 0.3) is 5.56 Å². The predicted molar refractivity (Wildman–Crippen MR) is 122 cm³/mol. The number of hydrogen-bond acceptors (Lipinski definition) is 5. The minimum absolute atomic E-state index is 0.0375. The average molecular weight is 467 g/mol. The summed E-state index contributed by atoms with van der Waals surface area (Å²) >= 11 is 5.59. The highest BCUT2D eigenvalue weighted by Crippen LogP contribution is 2.36. The molecule has 0 atom stereocenters. The van der Waals surface area contributed by atoms with Gasteiger partial charge in [0.2, 0.25) is 0 Å². The molecule has 5 nitrogen and oxygen atoms in total. The molecule has 4 aromatic rings. The van der Waals surface area contributed by atoms with Crippen LogP contribution in [-0.4, -0.2) is 21.4 Å². The summed E-state index contributed by atoms with van der Waals surface area (Å²) in [6, 6.07) is 15.8. The molecule has 1 aliphatic heterocycles. The van der Waals surface area contributed by atoms with Gasteiger partial charge in [-0.2, -0.15) is 0 Å². The van der Waals surface area contributed by atoms with Crippen molar-refractivity contribution in [3.8, 4) is 11.4 Å². The molecule has 3 N–H and O–H groups in total. The van der Waals surface area contributed by atoms with Crippen LogP contribution in [-0.2, 0) is 19.5 Å². The Hall–Kier alpha value is -2.48. The number of nitrogens with zero attached hydrogens (tertiary/aromatic N) is 2.